The van der Waals surface area contributed by atoms with E-state index in [0.717, 1.165) is 49.7 Å². The van der Waals surface area contributed by atoms with Gasteiger partial charge in [0.2, 0.25) is 5.78 Å². The van der Waals surface area contributed by atoms with Gasteiger partial charge in [-0.05, 0) is 80.9 Å². The van der Waals surface area contributed by atoms with Crippen LogP contribution in [0.15, 0.2) is 48.1 Å². The number of hydrogen-bond donors (Lipinski definition) is 2. The molecule has 1 aromatic rings. The highest BCUT2D eigenvalue weighted by molar-refractivity contribution is 5.93. The van der Waals surface area contributed by atoms with Gasteiger partial charge in [-0.2, -0.15) is 0 Å². The van der Waals surface area contributed by atoms with Crippen molar-refractivity contribution in [3.63, 3.8) is 0 Å². The zero-order valence-electron chi connectivity index (χ0n) is 31.6. The van der Waals surface area contributed by atoms with Gasteiger partial charge in [-0.3, -0.25) is 14.4 Å². The summed E-state index contributed by atoms with van der Waals surface area (Å²) in [7, 11) is 0. The van der Waals surface area contributed by atoms with Crippen LogP contribution in [0.4, 0.5) is 4.79 Å². The third kappa shape index (κ3) is 8.03. The van der Waals surface area contributed by atoms with Gasteiger partial charge in [0.05, 0.1) is 24.7 Å². The normalized spacial score (nSPS) is 32.4. The molecule has 0 saturated heterocycles. The number of aliphatic hydroxyl groups is 2. The first-order valence-corrected chi connectivity index (χ1v) is 19.4. The zero-order chi connectivity index (χ0) is 37.7. The highest BCUT2D eigenvalue weighted by atomic mass is 16.7. The highest BCUT2D eigenvalue weighted by Gasteiger charge is 2.70. The molecule has 10 heteroatoms. The quantitative estimate of drug-likeness (QED) is 0.0626. The Morgan fingerprint density at radius 2 is 1.69 bits per heavy atom. The molecule has 0 radical (unpaired) electrons. The lowest BCUT2D eigenvalue weighted by atomic mass is 9.46. The predicted octanol–water partition coefficient (Wildman–Crippen LogP) is 7.23. The van der Waals surface area contributed by atoms with E-state index in [1.807, 2.05) is 32.9 Å². The number of aliphatic hydroxyl groups excluding tert-OH is 2. The van der Waals surface area contributed by atoms with E-state index in [9.17, 15) is 29.4 Å². The smallest absolute Gasteiger partial charge is 0.465 e. The number of carbonyl (C=O) groups excluding carboxylic acids is 4. The average Bonchev–Trinajstić information content (AvgIpc) is 3.40. The molecule has 286 valence electrons. The van der Waals surface area contributed by atoms with Crippen LogP contribution in [0.5, 0.6) is 5.75 Å². The second kappa shape index (κ2) is 16.7. The molecule has 1 aromatic carbocycles. The van der Waals surface area contributed by atoms with Gasteiger partial charge in [0.1, 0.15) is 5.75 Å². The van der Waals surface area contributed by atoms with Crippen LogP contribution in [0.1, 0.15) is 111 Å². The molecule has 9 atom stereocenters. The van der Waals surface area contributed by atoms with Gasteiger partial charge >= 0.3 is 18.1 Å². The Morgan fingerprint density at radius 3 is 2.40 bits per heavy atom. The number of allylic oxidation sites excluding steroid dienone is 2. The van der Waals surface area contributed by atoms with Gasteiger partial charge < -0.3 is 29.2 Å². The maximum atomic E-state index is 14.3. The summed E-state index contributed by atoms with van der Waals surface area (Å²) < 4.78 is 22.4. The lowest BCUT2D eigenvalue weighted by Crippen LogP contribution is -2.63. The van der Waals surface area contributed by atoms with Crippen LogP contribution in [0, 0.1) is 34.5 Å². The SMILES string of the molecule is CCCCCOC(=O)C(C)Cc1ccc(OC(=O)OCC(=O)C2(OC(=O)CCCC)CCC3C4CCC5=CC(O)C=CC5(C)C4C(O)CC32C)cc1. The number of fused-ring (bicyclic) bond motifs is 5. The van der Waals surface area contributed by atoms with Gasteiger partial charge in [-0.1, -0.05) is 89.8 Å². The Hall–Kier alpha value is -3.50. The molecular formula is C42H58O10. The van der Waals surface area contributed by atoms with Crippen LogP contribution in [0.25, 0.3) is 0 Å². The first-order chi connectivity index (χ1) is 24.8. The van der Waals surface area contributed by atoms with Gasteiger partial charge in [0.15, 0.2) is 12.2 Å². The summed E-state index contributed by atoms with van der Waals surface area (Å²) in [6.07, 6.45) is 10.9. The summed E-state index contributed by atoms with van der Waals surface area (Å²) in [4.78, 5) is 52.8. The fourth-order valence-electron chi connectivity index (χ4n) is 9.85. The third-order valence-corrected chi connectivity index (χ3v) is 12.6. The van der Waals surface area contributed by atoms with Crippen LogP contribution in [0.2, 0.25) is 0 Å². The fourth-order valence-corrected chi connectivity index (χ4v) is 9.85. The second-order valence-corrected chi connectivity index (χ2v) is 16.0. The number of Topliss-reactive ketones (excluding diaryl/α,β-unsaturated/α-hetero) is 1. The number of benzene rings is 1. The molecule has 0 bridgehead atoms. The molecule has 0 amide bonds. The average molecular weight is 723 g/mol. The Bertz CT molecular complexity index is 1510. The van der Waals surface area contributed by atoms with E-state index in [-0.39, 0.29) is 54.7 Å². The van der Waals surface area contributed by atoms with Crippen molar-refractivity contribution in [3.8, 4) is 5.75 Å². The largest absolute Gasteiger partial charge is 0.514 e. The molecule has 0 aromatic heterocycles. The second-order valence-electron chi connectivity index (χ2n) is 16.0. The first-order valence-electron chi connectivity index (χ1n) is 19.4. The lowest BCUT2D eigenvalue weighted by Gasteiger charge is -2.60. The Morgan fingerprint density at radius 1 is 0.962 bits per heavy atom. The molecule has 0 heterocycles. The van der Waals surface area contributed by atoms with Crippen molar-refractivity contribution in [3.05, 3.63) is 53.6 Å². The maximum Gasteiger partial charge on any atom is 0.514 e. The summed E-state index contributed by atoms with van der Waals surface area (Å²) in [5, 5.41) is 22.2. The molecule has 52 heavy (non-hydrogen) atoms. The van der Waals surface area contributed by atoms with E-state index >= 15 is 0 Å². The van der Waals surface area contributed by atoms with Crippen molar-refractivity contribution in [1.82, 2.24) is 0 Å². The molecule has 0 spiro atoms. The number of ketones is 1. The summed E-state index contributed by atoms with van der Waals surface area (Å²) in [6.45, 7) is 9.74. The minimum Gasteiger partial charge on any atom is -0.465 e. The van der Waals surface area contributed by atoms with Crippen molar-refractivity contribution in [2.24, 2.45) is 34.5 Å². The zero-order valence-corrected chi connectivity index (χ0v) is 31.6. The maximum absolute atomic E-state index is 14.3. The number of hydrogen-bond acceptors (Lipinski definition) is 10. The highest BCUT2D eigenvalue weighted by Crippen LogP contribution is 2.68. The van der Waals surface area contributed by atoms with Crippen molar-refractivity contribution < 1.29 is 48.3 Å². The number of rotatable bonds is 15. The van der Waals surface area contributed by atoms with Crippen LogP contribution in [-0.2, 0) is 35.0 Å². The van der Waals surface area contributed by atoms with E-state index < -0.39 is 53.2 Å². The lowest BCUT2D eigenvalue weighted by molar-refractivity contribution is -0.200. The number of ether oxygens (including phenoxy) is 4. The molecule has 9 unspecified atom stereocenters. The van der Waals surface area contributed by atoms with E-state index in [4.69, 9.17) is 18.9 Å². The molecule has 5 rings (SSSR count). The first kappa shape index (κ1) is 39.7. The predicted molar refractivity (Wildman–Crippen MR) is 194 cm³/mol. The fraction of sp³-hybridized carbons (Fsp3) is 0.667. The summed E-state index contributed by atoms with van der Waals surface area (Å²) >= 11 is 0. The van der Waals surface area contributed by atoms with Crippen molar-refractivity contribution >= 4 is 23.9 Å². The van der Waals surface area contributed by atoms with Crippen LogP contribution >= 0.6 is 0 Å². The van der Waals surface area contributed by atoms with Gasteiger partial charge in [-0.15, -0.1) is 0 Å². The van der Waals surface area contributed by atoms with Gasteiger partial charge in [0.25, 0.3) is 0 Å². The van der Waals surface area contributed by atoms with Crippen molar-refractivity contribution in [2.45, 2.75) is 129 Å². The van der Waals surface area contributed by atoms with E-state index in [2.05, 4.69) is 13.8 Å². The third-order valence-electron chi connectivity index (χ3n) is 12.6. The van der Waals surface area contributed by atoms with Crippen LogP contribution in [-0.4, -0.2) is 65.1 Å². The van der Waals surface area contributed by atoms with Gasteiger partial charge in [-0.25, -0.2) is 4.79 Å². The molecule has 10 nitrogen and oxygen atoms in total. The van der Waals surface area contributed by atoms with Crippen molar-refractivity contribution in [2.75, 3.05) is 13.2 Å². The molecule has 4 aliphatic carbocycles. The molecule has 3 saturated carbocycles. The molecule has 0 aliphatic heterocycles. The molecule has 4 aliphatic rings. The summed E-state index contributed by atoms with van der Waals surface area (Å²) in [5.74, 6) is -1.40. The topological polar surface area (TPSA) is 146 Å². The molecular weight excluding hydrogens is 664 g/mol. The Balaban J connectivity index is 1.25. The van der Waals surface area contributed by atoms with Gasteiger partial charge in [0, 0.05) is 23.2 Å². The number of esters is 2. The summed E-state index contributed by atoms with van der Waals surface area (Å²) in [5.41, 5.74) is -0.868. The molecule has 2 N–H and O–H groups in total. The summed E-state index contributed by atoms with van der Waals surface area (Å²) in [6, 6.07) is 6.72. The minimum atomic E-state index is -1.57. The number of unbranched alkanes of at least 4 members (excludes halogenated alkanes) is 3. The van der Waals surface area contributed by atoms with E-state index in [0.29, 0.717) is 25.9 Å². The minimum absolute atomic E-state index is 0.0152. The van der Waals surface area contributed by atoms with E-state index in [1.54, 1.807) is 30.3 Å². The van der Waals surface area contributed by atoms with Crippen LogP contribution < -0.4 is 4.74 Å². The molecule has 3 fully saturated rings. The van der Waals surface area contributed by atoms with E-state index in [1.165, 1.54) is 0 Å². The Kier molecular flexibility index (Phi) is 12.7. The van der Waals surface area contributed by atoms with Crippen LogP contribution in [0.3, 0.4) is 0 Å². The van der Waals surface area contributed by atoms with Crippen molar-refractivity contribution in [1.29, 1.82) is 0 Å². The standard InChI is InChI=1S/C42H58O10/c1-6-8-10-22-49-38(47)27(3)23-28-12-15-31(16-13-28)51-39(48)50-26-35(45)42(52-36(46)11-9-7-2)21-19-33-32-17-14-29-24-30(43)18-20-40(29,4)37(32)34(44)25-41(33,42)5/h12-13,15-16,18,20,24,27,30,32-34,37,43-44H,6-11,14,17,19,21-23,25-26H2,1-5H3. The monoisotopic (exact) mass is 722 g/mol. The number of carbonyl (C=O) groups is 4. The Labute approximate surface area is 308 Å².